The van der Waals surface area contributed by atoms with Crippen LogP contribution in [0.2, 0.25) is 0 Å². The molecule has 2 aromatic rings. The van der Waals surface area contributed by atoms with E-state index in [-0.39, 0.29) is 10.8 Å². The normalized spacial score (nSPS) is 16.2. The Bertz CT molecular complexity index is 1160. The van der Waals surface area contributed by atoms with Crippen molar-refractivity contribution in [2.75, 3.05) is 0 Å². The van der Waals surface area contributed by atoms with Gasteiger partial charge in [-0.15, -0.1) is 0 Å². The average Bonchev–Trinajstić information content (AvgIpc) is 3.55. The van der Waals surface area contributed by atoms with Crippen molar-refractivity contribution in [2.24, 2.45) is 10.8 Å². The van der Waals surface area contributed by atoms with Gasteiger partial charge in [-0.05, 0) is 0 Å². The summed E-state index contributed by atoms with van der Waals surface area (Å²) < 4.78 is 17.9. The summed E-state index contributed by atoms with van der Waals surface area (Å²) in [5.74, 6) is 1.96. The van der Waals surface area contributed by atoms with E-state index >= 15 is 0 Å². The van der Waals surface area contributed by atoms with Crippen molar-refractivity contribution in [3.05, 3.63) is 102 Å². The molecule has 2 aliphatic carbocycles. The Morgan fingerprint density at radius 3 is 1.35 bits per heavy atom. The van der Waals surface area contributed by atoms with E-state index in [9.17, 15) is 0 Å². The average molecular weight is 576 g/mol. The third kappa shape index (κ3) is 5.68. The van der Waals surface area contributed by atoms with Crippen molar-refractivity contribution >= 4 is 0 Å². The van der Waals surface area contributed by atoms with E-state index in [1.54, 1.807) is 0 Å². The molecule has 0 radical (unpaired) electrons. The van der Waals surface area contributed by atoms with Crippen LogP contribution in [0.15, 0.2) is 90.5 Å². The van der Waals surface area contributed by atoms with Crippen molar-refractivity contribution in [3.63, 3.8) is 0 Å². The summed E-state index contributed by atoms with van der Waals surface area (Å²) in [6, 6.07) is 17.1. The van der Waals surface area contributed by atoms with Crippen molar-refractivity contribution < 1.29 is 26.8 Å². The molecule has 0 fully saturated rings. The molecule has 2 aromatic carbocycles. The van der Waals surface area contributed by atoms with Crippen LogP contribution in [0.5, 0.6) is 11.5 Å². The van der Waals surface area contributed by atoms with Crippen LogP contribution in [0.4, 0.5) is 0 Å². The number of para-hydroxylation sites is 2. The van der Waals surface area contributed by atoms with Gasteiger partial charge < -0.3 is 0 Å². The maximum absolute atomic E-state index is 7.54. The zero-order valence-corrected chi connectivity index (χ0v) is 26.5. The summed E-state index contributed by atoms with van der Waals surface area (Å²) in [5.41, 5.74) is 5.26. The minimum atomic E-state index is -4.32. The first kappa shape index (κ1) is 27.9. The second-order valence-corrected chi connectivity index (χ2v) is 19.2. The molecule has 196 valence electrons. The van der Waals surface area contributed by atoms with Gasteiger partial charge in [0.1, 0.15) is 0 Å². The van der Waals surface area contributed by atoms with Crippen molar-refractivity contribution in [3.8, 4) is 11.5 Å². The monoisotopic (exact) mass is 574 g/mol. The molecule has 0 heterocycles. The summed E-state index contributed by atoms with van der Waals surface area (Å²) >= 11 is -4.32. The molecule has 0 aromatic heterocycles. The Hall–Kier alpha value is -2.12. The van der Waals surface area contributed by atoms with Gasteiger partial charge in [0.15, 0.2) is 0 Å². The first-order chi connectivity index (χ1) is 17.5. The summed E-state index contributed by atoms with van der Waals surface area (Å²) in [6.07, 6.45) is 13.0. The Morgan fingerprint density at radius 2 is 1.00 bits per heavy atom. The Morgan fingerprint density at radius 1 is 0.622 bits per heavy atom. The minimum absolute atomic E-state index is 0.000258. The SMILES string of the molecule is CCc1ccccc1[O][Zr]([O]c1ccccc1CC)([C]1=C(C(C)(C)C)C=CC1)[C]1=C(C(C)(C)C)C=CC1. The summed E-state index contributed by atoms with van der Waals surface area (Å²) in [5, 5.41) is 0. The third-order valence-corrected chi connectivity index (χ3v) is 16.2. The molecule has 0 unspecified atom stereocenters. The number of allylic oxidation sites excluding steroid dienone is 8. The predicted octanol–water partition coefficient (Wildman–Crippen LogP) is 9.77. The van der Waals surface area contributed by atoms with Gasteiger partial charge in [0, 0.05) is 0 Å². The fourth-order valence-corrected chi connectivity index (χ4v) is 16.2. The predicted molar refractivity (Wildman–Crippen MR) is 153 cm³/mol. The summed E-state index contributed by atoms with van der Waals surface area (Å²) in [7, 11) is 0. The van der Waals surface area contributed by atoms with Crippen LogP contribution < -0.4 is 5.63 Å². The van der Waals surface area contributed by atoms with Gasteiger partial charge in [-0.1, -0.05) is 0 Å². The molecule has 0 bridgehead atoms. The first-order valence-corrected chi connectivity index (χ1v) is 18.3. The van der Waals surface area contributed by atoms with Crippen molar-refractivity contribution in [2.45, 2.75) is 81.1 Å². The second kappa shape index (κ2) is 10.9. The van der Waals surface area contributed by atoms with Gasteiger partial charge in [0.25, 0.3) is 0 Å². The zero-order valence-electron chi connectivity index (χ0n) is 24.1. The second-order valence-electron chi connectivity index (χ2n) is 12.2. The molecule has 37 heavy (non-hydrogen) atoms. The molecule has 0 saturated heterocycles. The number of aryl methyl sites for hydroxylation is 2. The third-order valence-electron chi connectivity index (χ3n) is 7.49. The van der Waals surface area contributed by atoms with E-state index in [4.69, 9.17) is 5.63 Å². The van der Waals surface area contributed by atoms with Crippen LogP contribution in [0.3, 0.4) is 0 Å². The molecule has 2 nitrogen and oxygen atoms in total. The number of rotatable bonds is 8. The van der Waals surface area contributed by atoms with E-state index in [0.29, 0.717) is 0 Å². The molecule has 0 atom stereocenters. The molecule has 0 saturated carbocycles. The molecular weight excluding hydrogens is 532 g/mol. The molecule has 0 N–H and O–H groups in total. The molecular formula is C34H44O2Zr. The molecule has 2 aliphatic rings. The van der Waals surface area contributed by atoms with E-state index in [1.807, 2.05) is 0 Å². The van der Waals surface area contributed by atoms with Gasteiger partial charge in [0.05, 0.1) is 0 Å². The molecule has 0 spiro atoms. The maximum atomic E-state index is 7.54. The molecule has 0 aliphatic heterocycles. The first-order valence-electron chi connectivity index (χ1n) is 13.9. The van der Waals surface area contributed by atoms with Gasteiger partial charge in [-0.2, -0.15) is 0 Å². The summed E-state index contributed by atoms with van der Waals surface area (Å²) in [6.45, 7) is 18.3. The van der Waals surface area contributed by atoms with Crippen LogP contribution in [0, 0.1) is 10.8 Å². The van der Waals surface area contributed by atoms with Crippen molar-refractivity contribution in [1.82, 2.24) is 0 Å². The fourth-order valence-electron chi connectivity index (χ4n) is 5.59. The number of hydrogen-bond donors (Lipinski definition) is 0. The van der Waals surface area contributed by atoms with Crippen LogP contribution in [-0.2, 0) is 34.0 Å². The standard InChI is InChI=1S/2C9H13.2C8H10O.Zr/c2*1-9(2,3)8-6-4-5-7-8;2*1-2-7-5-3-4-6-8(7)9;/h2*4,6H,5H2,1-3H3;2*3-6,9H,2H2,1H3;/q;;;;+2/p-2. The number of hydrogen-bond acceptors (Lipinski definition) is 2. The van der Waals surface area contributed by atoms with E-state index in [1.165, 1.54) is 28.8 Å². The van der Waals surface area contributed by atoms with Gasteiger partial charge in [-0.25, -0.2) is 0 Å². The van der Waals surface area contributed by atoms with Crippen LogP contribution in [-0.4, -0.2) is 0 Å². The fraction of sp³-hybridized carbons (Fsp3) is 0.412. The Kier molecular flexibility index (Phi) is 8.25. The Balaban J connectivity index is 2.08. The van der Waals surface area contributed by atoms with E-state index < -0.39 is 21.1 Å². The van der Waals surface area contributed by atoms with Gasteiger partial charge in [-0.3, -0.25) is 0 Å². The molecule has 4 rings (SSSR count). The van der Waals surface area contributed by atoms with Crippen molar-refractivity contribution in [1.29, 1.82) is 0 Å². The van der Waals surface area contributed by atoms with Crippen LogP contribution >= 0.6 is 0 Å². The topological polar surface area (TPSA) is 18.5 Å². The van der Waals surface area contributed by atoms with Crippen LogP contribution in [0.25, 0.3) is 0 Å². The van der Waals surface area contributed by atoms with Gasteiger partial charge >= 0.3 is 232 Å². The Labute approximate surface area is 230 Å². The van der Waals surface area contributed by atoms with Crippen LogP contribution in [0.1, 0.15) is 79.4 Å². The van der Waals surface area contributed by atoms with Gasteiger partial charge in [0.2, 0.25) is 0 Å². The quantitative estimate of drug-likeness (QED) is 0.312. The molecule has 3 heteroatoms. The molecule has 0 amide bonds. The zero-order chi connectivity index (χ0) is 26.8. The summed E-state index contributed by atoms with van der Waals surface area (Å²) in [4.78, 5) is 0. The van der Waals surface area contributed by atoms with E-state index in [0.717, 1.165) is 37.2 Å². The number of benzene rings is 2. The van der Waals surface area contributed by atoms with E-state index in [2.05, 4.69) is 128 Å².